The third kappa shape index (κ3) is 1.78. The maximum atomic E-state index is 13.1. The van der Waals surface area contributed by atoms with Crippen molar-refractivity contribution in [1.29, 1.82) is 0 Å². The summed E-state index contributed by atoms with van der Waals surface area (Å²) in [7, 11) is 1.22. The van der Waals surface area contributed by atoms with Crippen molar-refractivity contribution < 1.29 is 35.8 Å². The van der Waals surface area contributed by atoms with E-state index in [4.69, 9.17) is 0 Å². The summed E-state index contributed by atoms with van der Waals surface area (Å²) >= 11 is 0. The van der Waals surface area contributed by atoms with Crippen molar-refractivity contribution in [1.82, 2.24) is 0 Å². The largest absolute Gasteiger partial charge is 0.489 e. The van der Waals surface area contributed by atoms with Gasteiger partial charge in [0.1, 0.15) is 6.61 Å². The van der Waals surface area contributed by atoms with Crippen LogP contribution in [-0.4, -0.2) is 38.1 Å². The molecule has 0 aliphatic heterocycles. The molecule has 8 heteroatoms. The molecule has 0 saturated heterocycles. The van der Waals surface area contributed by atoms with Gasteiger partial charge >= 0.3 is 17.8 Å². The molecule has 0 fully saturated rings. The van der Waals surface area contributed by atoms with Crippen LogP contribution in [0.1, 0.15) is 6.92 Å². The highest BCUT2D eigenvalue weighted by Gasteiger charge is 2.80. The molecule has 0 heterocycles. The van der Waals surface area contributed by atoms with Crippen molar-refractivity contribution in [3.63, 3.8) is 0 Å². The maximum Gasteiger partial charge on any atom is 0.383 e. The molecular weight excluding hydrogens is 254 g/mol. The number of hydrogen-bond acceptors (Lipinski definition) is 2. The van der Waals surface area contributed by atoms with Crippen LogP contribution >= 0.6 is 0 Å². The van der Waals surface area contributed by atoms with E-state index in [1.54, 1.807) is 0 Å². The quantitative estimate of drug-likeness (QED) is 0.574. The van der Waals surface area contributed by atoms with E-state index in [9.17, 15) is 26.3 Å². The SMILES string of the molecule is COCCOC1=C(C)C(F)(F)C(F)(F)C1(F)F. The highest BCUT2D eigenvalue weighted by Crippen LogP contribution is 2.59. The van der Waals surface area contributed by atoms with Crippen LogP contribution in [0.25, 0.3) is 0 Å². The zero-order valence-electron chi connectivity index (χ0n) is 9.00. The van der Waals surface area contributed by atoms with Gasteiger partial charge in [-0.15, -0.1) is 0 Å². The second kappa shape index (κ2) is 4.08. The van der Waals surface area contributed by atoms with Crippen LogP contribution in [0.2, 0.25) is 0 Å². The Bertz CT molecular complexity index is 336. The van der Waals surface area contributed by atoms with Gasteiger partial charge in [0.05, 0.1) is 6.61 Å². The summed E-state index contributed by atoms with van der Waals surface area (Å²) in [5, 5.41) is 0. The Balaban J connectivity index is 3.05. The lowest BCUT2D eigenvalue weighted by atomic mass is 10.1. The molecular formula is C9H10F6O2. The Morgan fingerprint density at radius 1 is 0.941 bits per heavy atom. The van der Waals surface area contributed by atoms with Gasteiger partial charge in [-0.1, -0.05) is 0 Å². The van der Waals surface area contributed by atoms with Crippen LogP contribution in [0.5, 0.6) is 0 Å². The minimum absolute atomic E-state index is 0.177. The van der Waals surface area contributed by atoms with E-state index < -0.39 is 35.7 Å². The summed E-state index contributed by atoms with van der Waals surface area (Å²) in [6.45, 7) is -0.189. The van der Waals surface area contributed by atoms with E-state index in [1.807, 2.05) is 0 Å². The minimum Gasteiger partial charge on any atom is -0.489 e. The zero-order chi connectivity index (χ0) is 13.5. The summed E-state index contributed by atoms with van der Waals surface area (Å²) in [4.78, 5) is 0. The van der Waals surface area contributed by atoms with Crippen LogP contribution in [0.4, 0.5) is 26.3 Å². The molecule has 100 valence electrons. The van der Waals surface area contributed by atoms with Crippen molar-refractivity contribution in [2.75, 3.05) is 20.3 Å². The Hall–Kier alpha value is -0.920. The van der Waals surface area contributed by atoms with Crippen LogP contribution in [0.15, 0.2) is 11.3 Å². The van der Waals surface area contributed by atoms with Gasteiger partial charge < -0.3 is 9.47 Å². The minimum atomic E-state index is -5.48. The fraction of sp³-hybridized carbons (Fsp3) is 0.778. The molecule has 1 aliphatic rings. The van der Waals surface area contributed by atoms with E-state index in [0.717, 1.165) is 0 Å². The summed E-state index contributed by atoms with van der Waals surface area (Å²) in [6, 6.07) is 0. The van der Waals surface area contributed by atoms with E-state index in [2.05, 4.69) is 9.47 Å². The van der Waals surface area contributed by atoms with Gasteiger partial charge in [0.15, 0.2) is 5.76 Å². The number of allylic oxidation sites excluding steroid dienone is 2. The molecule has 0 aromatic rings. The van der Waals surface area contributed by atoms with Gasteiger partial charge in [0.25, 0.3) is 0 Å². The van der Waals surface area contributed by atoms with Gasteiger partial charge in [-0.3, -0.25) is 0 Å². The van der Waals surface area contributed by atoms with Gasteiger partial charge in [-0.05, 0) is 6.92 Å². The molecule has 0 N–H and O–H groups in total. The predicted octanol–water partition coefficient (Wildman–Crippen LogP) is 2.84. The van der Waals surface area contributed by atoms with Crippen LogP contribution in [-0.2, 0) is 9.47 Å². The number of alkyl halides is 6. The number of halogens is 6. The van der Waals surface area contributed by atoms with Crippen molar-refractivity contribution >= 4 is 0 Å². The molecule has 0 atom stereocenters. The molecule has 0 amide bonds. The summed E-state index contributed by atoms with van der Waals surface area (Å²) in [5.74, 6) is -17.1. The van der Waals surface area contributed by atoms with Crippen molar-refractivity contribution in [3.05, 3.63) is 11.3 Å². The van der Waals surface area contributed by atoms with Crippen LogP contribution in [0.3, 0.4) is 0 Å². The van der Waals surface area contributed by atoms with Crippen LogP contribution < -0.4 is 0 Å². The van der Waals surface area contributed by atoms with Crippen molar-refractivity contribution in [2.24, 2.45) is 0 Å². The number of ether oxygens (including phenoxy) is 2. The molecule has 17 heavy (non-hydrogen) atoms. The Morgan fingerprint density at radius 3 is 1.82 bits per heavy atom. The highest BCUT2D eigenvalue weighted by molar-refractivity contribution is 5.36. The fourth-order valence-corrected chi connectivity index (χ4v) is 1.38. The molecule has 2 nitrogen and oxygen atoms in total. The van der Waals surface area contributed by atoms with Crippen LogP contribution in [0, 0.1) is 0 Å². The predicted molar refractivity (Wildman–Crippen MR) is 45.4 cm³/mol. The summed E-state index contributed by atoms with van der Waals surface area (Å²) < 4.78 is 86.6. The molecule has 0 bridgehead atoms. The lowest BCUT2D eigenvalue weighted by Gasteiger charge is -2.24. The first kappa shape index (κ1) is 14.1. The lowest BCUT2D eigenvalue weighted by molar-refractivity contribution is -0.271. The first-order valence-corrected chi connectivity index (χ1v) is 4.57. The molecule has 0 aromatic heterocycles. The third-order valence-corrected chi connectivity index (χ3v) is 2.42. The van der Waals surface area contributed by atoms with E-state index >= 15 is 0 Å². The number of methoxy groups -OCH3 is 1. The van der Waals surface area contributed by atoms with Gasteiger partial charge in [0.2, 0.25) is 0 Å². The summed E-state index contributed by atoms with van der Waals surface area (Å²) in [5.41, 5.74) is -1.45. The Morgan fingerprint density at radius 2 is 1.47 bits per heavy atom. The molecule has 1 rings (SSSR count). The summed E-state index contributed by atoms with van der Waals surface area (Å²) in [6.07, 6.45) is 0. The topological polar surface area (TPSA) is 18.5 Å². The number of hydrogen-bond donors (Lipinski definition) is 0. The molecule has 0 saturated carbocycles. The monoisotopic (exact) mass is 264 g/mol. The van der Waals surface area contributed by atoms with Gasteiger partial charge in [0, 0.05) is 12.7 Å². The standard InChI is InChI=1S/C9H10F6O2/c1-5-6(17-4-3-16-2)8(12,13)9(14,15)7(5,10)11/h3-4H2,1-2H3. The molecule has 0 unspecified atom stereocenters. The molecule has 0 radical (unpaired) electrons. The first-order valence-electron chi connectivity index (χ1n) is 4.57. The second-order valence-corrected chi connectivity index (χ2v) is 3.52. The van der Waals surface area contributed by atoms with E-state index in [-0.39, 0.29) is 6.61 Å². The van der Waals surface area contributed by atoms with Crippen molar-refractivity contribution in [2.45, 2.75) is 24.7 Å². The number of rotatable bonds is 4. The highest BCUT2D eigenvalue weighted by atomic mass is 19.3. The average molecular weight is 264 g/mol. The smallest absolute Gasteiger partial charge is 0.383 e. The Kier molecular flexibility index (Phi) is 3.39. The zero-order valence-corrected chi connectivity index (χ0v) is 9.00. The van der Waals surface area contributed by atoms with Crippen molar-refractivity contribution in [3.8, 4) is 0 Å². The normalized spacial score (nSPS) is 25.2. The van der Waals surface area contributed by atoms with Gasteiger partial charge in [-0.25, -0.2) is 0 Å². The maximum absolute atomic E-state index is 13.1. The Labute approximate surface area is 93.2 Å². The average Bonchev–Trinajstić information content (AvgIpc) is 2.29. The second-order valence-electron chi connectivity index (χ2n) is 3.52. The van der Waals surface area contributed by atoms with E-state index in [1.165, 1.54) is 7.11 Å². The molecule has 0 spiro atoms. The van der Waals surface area contributed by atoms with Gasteiger partial charge in [-0.2, -0.15) is 26.3 Å². The third-order valence-electron chi connectivity index (χ3n) is 2.42. The molecule has 0 aromatic carbocycles. The first-order chi connectivity index (χ1) is 7.60. The van der Waals surface area contributed by atoms with E-state index in [0.29, 0.717) is 6.92 Å². The molecule has 1 aliphatic carbocycles. The lowest BCUT2D eigenvalue weighted by Crippen LogP contribution is -2.49. The fourth-order valence-electron chi connectivity index (χ4n) is 1.38.